The van der Waals surface area contributed by atoms with Crippen LogP contribution >= 0.6 is 11.6 Å². The molecule has 1 aromatic carbocycles. The van der Waals surface area contributed by atoms with Crippen LogP contribution in [0, 0.1) is 0 Å². The van der Waals surface area contributed by atoms with Crippen LogP contribution in [0.5, 0.6) is 5.75 Å². The van der Waals surface area contributed by atoms with Crippen LogP contribution in [0.3, 0.4) is 0 Å². The van der Waals surface area contributed by atoms with Crippen molar-refractivity contribution < 1.29 is 13.2 Å². The molecule has 2 rings (SSSR count). The molecular weight excluding hydrogens is 304 g/mol. The Hall–Kier alpha value is -1.99. The molecule has 1 aromatic heterocycles. The van der Waals surface area contributed by atoms with Crippen LogP contribution in [-0.4, -0.2) is 20.5 Å². The van der Waals surface area contributed by atoms with Gasteiger partial charge in [-0.2, -0.15) is 0 Å². The zero-order chi connectivity index (χ0) is 14.8. The van der Waals surface area contributed by atoms with E-state index in [0.29, 0.717) is 5.75 Å². The molecule has 0 bridgehead atoms. The molecule has 106 valence electrons. The summed E-state index contributed by atoms with van der Waals surface area (Å²) in [6, 6.07) is 5.54. The number of ether oxygens (including phenoxy) is 1. The zero-order valence-electron chi connectivity index (χ0n) is 10.4. The van der Waals surface area contributed by atoms with E-state index >= 15 is 0 Å². The van der Waals surface area contributed by atoms with Crippen LogP contribution in [0.15, 0.2) is 46.3 Å². The molecule has 0 aliphatic rings. The lowest BCUT2D eigenvalue weighted by Gasteiger charge is -2.09. The topological polar surface area (TPSA) is 88.3 Å². The summed E-state index contributed by atoms with van der Waals surface area (Å²) < 4.78 is 31.4. The maximum Gasteiger partial charge on any atom is 0.267 e. The number of halogens is 1. The molecule has 8 heteroatoms. The molecule has 0 unspecified atom stereocenters. The van der Waals surface area contributed by atoms with E-state index in [1.54, 1.807) is 0 Å². The summed E-state index contributed by atoms with van der Waals surface area (Å²) in [5.41, 5.74) is -0.366. The lowest BCUT2D eigenvalue weighted by Crippen LogP contribution is -2.20. The SMILES string of the molecule is COc1ccc(NS(=O)(=O)c2c[nH]ccc2=O)cc1Cl. The van der Waals surface area contributed by atoms with Crippen molar-refractivity contribution in [1.29, 1.82) is 0 Å². The van der Waals surface area contributed by atoms with Crippen molar-refractivity contribution in [3.63, 3.8) is 0 Å². The Morgan fingerprint density at radius 1 is 1.30 bits per heavy atom. The highest BCUT2D eigenvalue weighted by atomic mass is 35.5. The van der Waals surface area contributed by atoms with Gasteiger partial charge in [0, 0.05) is 18.5 Å². The van der Waals surface area contributed by atoms with Crippen LogP contribution in [0.2, 0.25) is 5.02 Å². The van der Waals surface area contributed by atoms with Gasteiger partial charge in [0.15, 0.2) is 4.90 Å². The summed E-state index contributed by atoms with van der Waals surface area (Å²) in [7, 11) is -2.52. The molecule has 2 N–H and O–H groups in total. The fraction of sp³-hybridized carbons (Fsp3) is 0.0833. The molecule has 0 saturated heterocycles. The fourth-order valence-corrected chi connectivity index (χ4v) is 2.91. The maximum atomic E-state index is 12.1. The highest BCUT2D eigenvalue weighted by molar-refractivity contribution is 7.92. The number of benzene rings is 1. The Balaban J connectivity index is 2.36. The first kappa shape index (κ1) is 14.4. The minimum Gasteiger partial charge on any atom is -0.495 e. The molecule has 2 aromatic rings. The summed E-state index contributed by atoms with van der Waals surface area (Å²) in [5.74, 6) is 0.423. The first-order valence-corrected chi connectivity index (χ1v) is 7.33. The summed E-state index contributed by atoms with van der Waals surface area (Å²) in [6.45, 7) is 0. The van der Waals surface area contributed by atoms with Crippen molar-refractivity contribution in [1.82, 2.24) is 4.98 Å². The molecular formula is C12H11ClN2O4S. The van der Waals surface area contributed by atoms with Gasteiger partial charge in [0.2, 0.25) is 5.43 Å². The Bertz CT molecular complexity index is 786. The molecule has 0 atom stereocenters. The van der Waals surface area contributed by atoms with Crippen molar-refractivity contribution in [2.24, 2.45) is 0 Å². The molecule has 0 amide bonds. The van der Waals surface area contributed by atoms with Crippen LogP contribution in [0.1, 0.15) is 0 Å². The van der Waals surface area contributed by atoms with E-state index in [1.165, 1.54) is 31.5 Å². The normalized spacial score (nSPS) is 11.1. The second kappa shape index (κ2) is 5.56. The number of methoxy groups -OCH3 is 1. The van der Waals surface area contributed by atoms with Gasteiger partial charge in [0.25, 0.3) is 10.0 Å². The zero-order valence-corrected chi connectivity index (χ0v) is 12.0. The van der Waals surface area contributed by atoms with Gasteiger partial charge < -0.3 is 9.72 Å². The highest BCUT2D eigenvalue weighted by Gasteiger charge is 2.18. The summed E-state index contributed by atoms with van der Waals surface area (Å²) in [4.78, 5) is 13.7. The Labute approximate surface area is 120 Å². The number of sulfonamides is 1. The second-order valence-electron chi connectivity index (χ2n) is 3.83. The van der Waals surface area contributed by atoms with Crippen LogP contribution in [0.4, 0.5) is 5.69 Å². The molecule has 0 spiro atoms. The van der Waals surface area contributed by atoms with E-state index in [2.05, 4.69) is 9.71 Å². The number of hydrogen-bond donors (Lipinski definition) is 2. The predicted molar refractivity (Wildman–Crippen MR) is 75.9 cm³/mol. The van der Waals surface area contributed by atoms with Gasteiger partial charge in [-0.05, 0) is 18.2 Å². The van der Waals surface area contributed by atoms with Gasteiger partial charge in [-0.25, -0.2) is 8.42 Å². The van der Waals surface area contributed by atoms with Crippen molar-refractivity contribution in [3.8, 4) is 5.75 Å². The van der Waals surface area contributed by atoms with Gasteiger partial charge in [0.05, 0.1) is 17.8 Å². The third-order valence-electron chi connectivity index (χ3n) is 2.48. The van der Waals surface area contributed by atoms with E-state index in [9.17, 15) is 13.2 Å². The van der Waals surface area contributed by atoms with Crippen LogP contribution in [0.25, 0.3) is 0 Å². The lowest BCUT2D eigenvalue weighted by atomic mass is 10.3. The standard InChI is InChI=1S/C12H11ClN2O4S/c1-19-11-3-2-8(6-9(11)13)15-20(17,18)12-7-14-5-4-10(12)16/h2-7,15H,1H3,(H,14,16). The Kier molecular flexibility index (Phi) is 4.01. The number of aromatic amines is 1. The van der Waals surface area contributed by atoms with Crippen LogP contribution in [-0.2, 0) is 10.0 Å². The van der Waals surface area contributed by atoms with E-state index in [-0.39, 0.29) is 15.6 Å². The molecule has 0 aliphatic carbocycles. The minimum absolute atomic E-state index is 0.235. The summed E-state index contributed by atoms with van der Waals surface area (Å²) in [6.07, 6.45) is 2.47. The van der Waals surface area contributed by atoms with Gasteiger partial charge in [0.1, 0.15) is 5.75 Å². The number of nitrogens with one attached hydrogen (secondary N) is 2. The van der Waals surface area contributed by atoms with Crippen molar-refractivity contribution in [3.05, 3.63) is 51.9 Å². The summed E-state index contributed by atoms with van der Waals surface area (Å²) >= 11 is 5.91. The van der Waals surface area contributed by atoms with Gasteiger partial charge >= 0.3 is 0 Å². The van der Waals surface area contributed by atoms with Crippen molar-refractivity contribution >= 4 is 27.3 Å². The quantitative estimate of drug-likeness (QED) is 0.901. The molecule has 0 aliphatic heterocycles. The number of anilines is 1. The van der Waals surface area contributed by atoms with Crippen molar-refractivity contribution in [2.45, 2.75) is 4.90 Å². The third-order valence-corrected chi connectivity index (χ3v) is 4.18. The average molecular weight is 315 g/mol. The Morgan fingerprint density at radius 2 is 2.05 bits per heavy atom. The maximum absolute atomic E-state index is 12.1. The van der Waals surface area contributed by atoms with Gasteiger partial charge in [-0.15, -0.1) is 0 Å². The molecule has 0 saturated carbocycles. The van der Waals surface area contributed by atoms with E-state index < -0.39 is 15.5 Å². The monoisotopic (exact) mass is 314 g/mol. The number of pyridine rings is 1. The molecule has 0 radical (unpaired) electrons. The molecule has 6 nitrogen and oxygen atoms in total. The van der Waals surface area contributed by atoms with Crippen LogP contribution < -0.4 is 14.9 Å². The van der Waals surface area contributed by atoms with Gasteiger partial charge in [-0.3, -0.25) is 9.52 Å². The fourth-order valence-electron chi connectivity index (χ4n) is 1.55. The molecule has 1 heterocycles. The lowest BCUT2D eigenvalue weighted by molar-refractivity contribution is 0.415. The van der Waals surface area contributed by atoms with Crippen molar-refractivity contribution in [2.75, 3.05) is 11.8 Å². The highest BCUT2D eigenvalue weighted by Crippen LogP contribution is 2.28. The summed E-state index contributed by atoms with van der Waals surface area (Å²) in [5, 5.41) is 0.259. The first-order valence-electron chi connectivity index (χ1n) is 5.47. The predicted octanol–water partition coefficient (Wildman–Crippen LogP) is 1.84. The number of hydrogen-bond acceptors (Lipinski definition) is 4. The number of H-pyrrole nitrogens is 1. The van der Waals surface area contributed by atoms with E-state index in [4.69, 9.17) is 16.3 Å². The van der Waals surface area contributed by atoms with E-state index in [1.807, 2.05) is 0 Å². The largest absolute Gasteiger partial charge is 0.495 e. The number of aromatic nitrogens is 1. The smallest absolute Gasteiger partial charge is 0.267 e. The Morgan fingerprint density at radius 3 is 2.65 bits per heavy atom. The first-order chi connectivity index (χ1) is 9.44. The van der Waals surface area contributed by atoms with E-state index in [0.717, 1.165) is 12.3 Å². The van der Waals surface area contributed by atoms with Gasteiger partial charge in [-0.1, -0.05) is 11.6 Å². The number of rotatable bonds is 4. The third kappa shape index (κ3) is 2.94. The molecule has 0 fully saturated rings. The average Bonchev–Trinajstić information content (AvgIpc) is 2.38. The minimum atomic E-state index is -3.97. The second-order valence-corrected chi connectivity index (χ2v) is 5.89. The molecule has 20 heavy (non-hydrogen) atoms.